The molecule has 0 aliphatic rings. The normalized spacial score (nSPS) is 13.5. The summed E-state index contributed by atoms with van der Waals surface area (Å²) in [7, 11) is 0. The molecule has 0 saturated carbocycles. The summed E-state index contributed by atoms with van der Waals surface area (Å²) < 4.78 is 0. The summed E-state index contributed by atoms with van der Waals surface area (Å²) >= 11 is 5.85. The number of nitrogens with one attached hydrogen (secondary N) is 1. The van der Waals surface area contributed by atoms with Gasteiger partial charge in [-0.1, -0.05) is 23.7 Å². The molecular weight excluding hydrogens is 247 g/mol. The van der Waals surface area contributed by atoms with Crippen molar-refractivity contribution < 1.29 is 4.79 Å². The monoisotopic (exact) mass is 262 g/mol. The molecule has 3 N–H and O–H groups in total. The Labute approximate surface area is 107 Å². The SMILES string of the molecule is CC(N)C(=O)N[C@H](C)c1cccc(Cl)c1.Cl. The lowest BCUT2D eigenvalue weighted by Crippen LogP contribution is -2.39. The third-order valence-corrected chi connectivity index (χ3v) is 2.36. The predicted molar refractivity (Wildman–Crippen MR) is 68.9 cm³/mol. The van der Waals surface area contributed by atoms with Gasteiger partial charge in [0.25, 0.3) is 0 Å². The fourth-order valence-corrected chi connectivity index (χ4v) is 1.40. The highest BCUT2D eigenvalue weighted by Crippen LogP contribution is 2.17. The first kappa shape index (κ1) is 15.2. The molecule has 2 atom stereocenters. The summed E-state index contributed by atoms with van der Waals surface area (Å²) in [5.74, 6) is -0.164. The molecule has 1 aromatic rings. The minimum Gasteiger partial charge on any atom is -0.348 e. The third-order valence-electron chi connectivity index (χ3n) is 2.12. The van der Waals surface area contributed by atoms with Gasteiger partial charge in [0.15, 0.2) is 0 Å². The fraction of sp³-hybridized carbons (Fsp3) is 0.364. The van der Waals surface area contributed by atoms with Crippen LogP contribution in [0.15, 0.2) is 24.3 Å². The molecule has 0 spiro atoms. The van der Waals surface area contributed by atoms with Crippen molar-refractivity contribution in [3.63, 3.8) is 0 Å². The molecule has 0 aliphatic heterocycles. The standard InChI is InChI=1S/C11H15ClN2O.ClH/c1-7(13)11(15)14-8(2)9-4-3-5-10(12)6-9;/h3-8H,13H2,1-2H3,(H,14,15);1H/t7?,8-;/m1./s1. The summed E-state index contributed by atoms with van der Waals surface area (Å²) in [5.41, 5.74) is 6.42. The average molecular weight is 263 g/mol. The maximum absolute atomic E-state index is 11.3. The Bertz CT molecular complexity index is 356. The highest BCUT2D eigenvalue weighted by Gasteiger charge is 2.12. The quantitative estimate of drug-likeness (QED) is 0.879. The first-order valence-electron chi connectivity index (χ1n) is 4.82. The van der Waals surface area contributed by atoms with Crippen molar-refractivity contribution >= 4 is 29.9 Å². The van der Waals surface area contributed by atoms with Crippen molar-refractivity contribution in [2.24, 2.45) is 5.73 Å². The molecule has 1 aromatic carbocycles. The molecule has 90 valence electrons. The third kappa shape index (κ3) is 4.39. The van der Waals surface area contributed by atoms with Crippen LogP contribution in [0.25, 0.3) is 0 Å². The minimum atomic E-state index is -0.494. The van der Waals surface area contributed by atoms with E-state index in [1.807, 2.05) is 25.1 Å². The molecule has 0 aliphatic carbocycles. The van der Waals surface area contributed by atoms with Gasteiger partial charge in [-0.25, -0.2) is 0 Å². The van der Waals surface area contributed by atoms with Crippen molar-refractivity contribution in [3.05, 3.63) is 34.9 Å². The molecule has 16 heavy (non-hydrogen) atoms. The van der Waals surface area contributed by atoms with Crippen LogP contribution in [-0.2, 0) is 4.79 Å². The maximum Gasteiger partial charge on any atom is 0.237 e. The molecule has 0 heterocycles. The number of rotatable bonds is 3. The van der Waals surface area contributed by atoms with E-state index in [0.29, 0.717) is 5.02 Å². The summed E-state index contributed by atoms with van der Waals surface area (Å²) in [6, 6.07) is 6.82. The van der Waals surface area contributed by atoms with Crippen LogP contribution in [0.1, 0.15) is 25.5 Å². The number of amides is 1. The van der Waals surface area contributed by atoms with E-state index < -0.39 is 6.04 Å². The number of carbonyl (C=O) groups excluding carboxylic acids is 1. The van der Waals surface area contributed by atoms with Crippen LogP contribution in [0.3, 0.4) is 0 Å². The van der Waals surface area contributed by atoms with Crippen molar-refractivity contribution in [2.75, 3.05) is 0 Å². The van der Waals surface area contributed by atoms with Crippen molar-refractivity contribution in [3.8, 4) is 0 Å². The average Bonchev–Trinajstić information content (AvgIpc) is 2.17. The van der Waals surface area contributed by atoms with Crippen molar-refractivity contribution in [1.82, 2.24) is 5.32 Å². The van der Waals surface area contributed by atoms with E-state index >= 15 is 0 Å². The highest BCUT2D eigenvalue weighted by molar-refractivity contribution is 6.30. The molecule has 0 bridgehead atoms. The number of benzene rings is 1. The molecule has 5 heteroatoms. The van der Waals surface area contributed by atoms with Gasteiger partial charge < -0.3 is 11.1 Å². The number of nitrogens with two attached hydrogens (primary N) is 1. The Morgan fingerprint density at radius 2 is 2.06 bits per heavy atom. The van der Waals surface area contributed by atoms with E-state index in [4.69, 9.17) is 17.3 Å². The van der Waals surface area contributed by atoms with Crippen LogP contribution in [0.5, 0.6) is 0 Å². The summed E-state index contributed by atoms with van der Waals surface area (Å²) in [6.07, 6.45) is 0. The lowest BCUT2D eigenvalue weighted by Gasteiger charge is -2.16. The summed E-state index contributed by atoms with van der Waals surface area (Å²) in [6.45, 7) is 3.55. The Hall–Kier alpha value is -0.770. The smallest absolute Gasteiger partial charge is 0.237 e. The number of hydrogen-bond acceptors (Lipinski definition) is 2. The van der Waals surface area contributed by atoms with Gasteiger partial charge in [-0.2, -0.15) is 0 Å². The van der Waals surface area contributed by atoms with E-state index in [1.54, 1.807) is 13.0 Å². The molecule has 0 fully saturated rings. The van der Waals surface area contributed by atoms with Crippen LogP contribution in [0, 0.1) is 0 Å². The molecule has 1 amide bonds. The van der Waals surface area contributed by atoms with Gasteiger partial charge >= 0.3 is 0 Å². The largest absolute Gasteiger partial charge is 0.348 e. The second-order valence-electron chi connectivity index (χ2n) is 3.57. The molecular formula is C11H16Cl2N2O. The van der Waals surface area contributed by atoms with Gasteiger partial charge in [0.05, 0.1) is 12.1 Å². The molecule has 1 rings (SSSR count). The van der Waals surface area contributed by atoms with E-state index in [-0.39, 0.29) is 24.4 Å². The van der Waals surface area contributed by atoms with Crippen LogP contribution in [0.4, 0.5) is 0 Å². The predicted octanol–water partition coefficient (Wildman–Crippen LogP) is 2.29. The van der Waals surface area contributed by atoms with Gasteiger partial charge in [0, 0.05) is 5.02 Å². The lowest BCUT2D eigenvalue weighted by atomic mass is 10.1. The second-order valence-corrected chi connectivity index (χ2v) is 4.01. The van der Waals surface area contributed by atoms with E-state index in [9.17, 15) is 4.79 Å². The number of carbonyl (C=O) groups is 1. The van der Waals surface area contributed by atoms with Crippen LogP contribution in [0.2, 0.25) is 5.02 Å². The number of halogens is 2. The van der Waals surface area contributed by atoms with Crippen LogP contribution >= 0.6 is 24.0 Å². The van der Waals surface area contributed by atoms with Gasteiger partial charge in [-0.3, -0.25) is 4.79 Å². The molecule has 0 aromatic heterocycles. The summed E-state index contributed by atoms with van der Waals surface area (Å²) in [5, 5.41) is 3.46. The zero-order valence-electron chi connectivity index (χ0n) is 9.24. The van der Waals surface area contributed by atoms with E-state index in [0.717, 1.165) is 5.56 Å². The van der Waals surface area contributed by atoms with Gasteiger partial charge in [0.2, 0.25) is 5.91 Å². The Balaban J connectivity index is 0.00000225. The zero-order chi connectivity index (χ0) is 11.4. The topological polar surface area (TPSA) is 55.1 Å². The first-order chi connectivity index (χ1) is 7.00. The molecule has 0 radical (unpaired) electrons. The van der Waals surface area contributed by atoms with E-state index in [2.05, 4.69) is 5.32 Å². The van der Waals surface area contributed by atoms with Crippen LogP contribution in [-0.4, -0.2) is 11.9 Å². The number of hydrogen-bond donors (Lipinski definition) is 2. The Morgan fingerprint density at radius 3 is 2.56 bits per heavy atom. The molecule has 0 saturated heterocycles. The Morgan fingerprint density at radius 1 is 1.44 bits per heavy atom. The first-order valence-corrected chi connectivity index (χ1v) is 5.20. The molecule has 3 nitrogen and oxygen atoms in total. The van der Waals surface area contributed by atoms with E-state index in [1.165, 1.54) is 0 Å². The second kappa shape index (κ2) is 6.74. The van der Waals surface area contributed by atoms with Crippen molar-refractivity contribution in [1.29, 1.82) is 0 Å². The van der Waals surface area contributed by atoms with Crippen LogP contribution < -0.4 is 11.1 Å². The summed E-state index contributed by atoms with van der Waals surface area (Å²) in [4.78, 5) is 11.3. The van der Waals surface area contributed by atoms with Gasteiger partial charge in [-0.15, -0.1) is 12.4 Å². The Kier molecular flexibility index (Phi) is 6.41. The van der Waals surface area contributed by atoms with Crippen molar-refractivity contribution in [2.45, 2.75) is 25.9 Å². The van der Waals surface area contributed by atoms with Gasteiger partial charge in [0.1, 0.15) is 0 Å². The van der Waals surface area contributed by atoms with Gasteiger partial charge in [-0.05, 0) is 31.5 Å². The maximum atomic E-state index is 11.3. The molecule has 1 unspecified atom stereocenters. The zero-order valence-corrected chi connectivity index (χ0v) is 10.8. The fourth-order valence-electron chi connectivity index (χ4n) is 1.20. The lowest BCUT2D eigenvalue weighted by molar-refractivity contribution is -0.122. The highest BCUT2D eigenvalue weighted by atomic mass is 35.5. The minimum absolute atomic E-state index is 0.